The van der Waals surface area contributed by atoms with Gasteiger partial charge in [-0.3, -0.25) is 4.90 Å². The molecule has 0 heterocycles. The van der Waals surface area contributed by atoms with Gasteiger partial charge in [0, 0.05) is 31.2 Å². The molecule has 1 rings (SSSR count). The molecule has 0 amide bonds. The van der Waals surface area contributed by atoms with Gasteiger partial charge in [-0.05, 0) is 59.2 Å². The lowest BCUT2D eigenvalue weighted by Crippen LogP contribution is -2.41. The molecule has 0 fully saturated rings. The van der Waals surface area contributed by atoms with Gasteiger partial charge in [0.15, 0.2) is 0 Å². The van der Waals surface area contributed by atoms with Gasteiger partial charge in [-0.2, -0.15) is 0 Å². The van der Waals surface area contributed by atoms with Crippen LogP contribution in [0.3, 0.4) is 0 Å². The van der Waals surface area contributed by atoms with E-state index in [1.807, 2.05) is 19.1 Å². The van der Waals surface area contributed by atoms with E-state index < -0.39 is 0 Å². The average molecular weight is 292 g/mol. The van der Waals surface area contributed by atoms with Crippen molar-refractivity contribution >= 4 is 0 Å². The highest BCUT2D eigenvalue weighted by Gasteiger charge is 2.13. The maximum atomic E-state index is 5.48. The summed E-state index contributed by atoms with van der Waals surface area (Å²) in [7, 11) is 0. The molecule has 3 heteroatoms. The molecular weight excluding hydrogens is 260 g/mol. The molecule has 0 bridgehead atoms. The Morgan fingerprint density at radius 2 is 1.57 bits per heavy atom. The van der Waals surface area contributed by atoms with Crippen LogP contribution < -0.4 is 10.1 Å². The largest absolute Gasteiger partial charge is 0.494 e. The van der Waals surface area contributed by atoms with Gasteiger partial charge in [-0.25, -0.2) is 0 Å². The topological polar surface area (TPSA) is 24.5 Å². The molecule has 0 saturated heterocycles. The highest BCUT2D eigenvalue weighted by Crippen LogP contribution is 2.17. The van der Waals surface area contributed by atoms with E-state index in [2.05, 4.69) is 57.0 Å². The summed E-state index contributed by atoms with van der Waals surface area (Å²) in [4.78, 5) is 2.51. The third-order valence-electron chi connectivity index (χ3n) is 3.84. The van der Waals surface area contributed by atoms with Crippen molar-refractivity contribution in [1.82, 2.24) is 10.2 Å². The summed E-state index contributed by atoms with van der Waals surface area (Å²) in [5.74, 6) is 0.944. The highest BCUT2D eigenvalue weighted by molar-refractivity contribution is 5.28. The number of nitrogens with zero attached hydrogens (tertiary/aromatic N) is 1. The van der Waals surface area contributed by atoms with E-state index in [9.17, 15) is 0 Å². The van der Waals surface area contributed by atoms with Crippen molar-refractivity contribution in [2.45, 2.75) is 59.7 Å². The zero-order chi connectivity index (χ0) is 15.8. The standard InChI is InChI=1S/C18H32N2O/c1-7-21-18-10-8-17(9-11-18)16(6)19-12-13-20(14(2)3)15(4)5/h8-11,14-16,19H,7,12-13H2,1-6H3. The molecule has 0 aliphatic heterocycles. The van der Waals surface area contributed by atoms with Crippen LogP contribution in [0.4, 0.5) is 0 Å². The lowest BCUT2D eigenvalue weighted by Gasteiger charge is -2.31. The SMILES string of the molecule is CCOc1ccc(C(C)NCCN(C(C)C)C(C)C)cc1. The van der Waals surface area contributed by atoms with Crippen LogP contribution in [0.2, 0.25) is 0 Å². The lowest BCUT2D eigenvalue weighted by atomic mass is 10.1. The summed E-state index contributed by atoms with van der Waals surface area (Å²) in [5, 5.41) is 3.61. The van der Waals surface area contributed by atoms with E-state index in [1.165, 1.54) is 5.56 Å². The second-order valence-corrected chi connectivity index (χ2v) is 6.10. The quantitative estimate of drug-likeness (QED) is 0.748. The van der Waals surface area contributed by atoms with Gasteiger partial charge in [0.25, 0.3) is 0 Å². The molecule has 0 aromatic heterocycles. The average Bonchev–Trinajstić information content (AvgIpc) is 2.43. The fraction of sp³-hybridized carbons (Fsp3) is 0.667. The van der Waals surface area contributed by atoms with Gasteiger partial charge in [0.2, 0.25) is 0 Å². The van der Waals surface area contributed by atoms with Crippen molar-refractivity contribution in [2.75, 3.05) is 19.7 Å². The number of benzene rings is 1. The monoisotopic (exact) mass is 292 g/mol. The Labute approximate surface area is 130 Å². The Morgan fingerprint density at radius 3 is 2.05 bits per heavy atom. The van der Waals surface area contributed by atoms with Crippen LogP contribution >= 0.6 is 0 Å². The van der Waals surface area contributed by atoms with E-state index in [-0.39, 0.29) is 0 Å². The van der Waals surface area contributed by atoms with E-state index in [1.54, 1.807) is 0 Å². The Balaban J connectivity index is 2.44. The van der Waals surface area contributed by atoms with Crippen LogP contribution in [-0.4, -0.2) is 36.7 Å². The second-order valence-electron chi connectivity index (χ2n) is 6.10. The van der Waals surface area contributed by atoms with Gasteiger partial charge >= 0.3 is 0 Å². The van der Waals surface area contributed by atoms with E-state index >= 15 is 0 Å². The van der Waals surface area contributed by atoms with Crippen LogP contribution in [-0.2, 0) is 0 Å². The van der Waals surface area contributed by atoms with Gasteiger partial charge < -0.3 is 10.1 Å². The molecule has 0 spiro atoms. The van der Waals surface area contributed by atoms with Crippen molar-refractivity contribution in [2.24, 2.45) is 0 Å². The maximum absolute atomic E-state index is 5.48. The van der Waals surface area contributed by atoms with Gasteiger partial charge in [0.1, 0.15) is 5.75 Å². The first-order valence-electron chi connectivity index (χ1n) is 8.17. The summed E-state index contributed by atoms with van der Waals surface area (Å²) in [5.41, 5.74) is 1.30. The smallest absolute Gasteiger partial charge is 0.119 e. The van der Waals surface area contributed by atoms with Crippen molar-refractivity contribution in [3.05, 3.63) is 29.8 Å². The fourth-order valence-corrected chi connectivity index (χ4v) is 2.66. The van der Waals surface area contributed by atoms with Crippen LogP contribution in [0.1, 0.15) is 53.1 Å². The molecule has 0 radical (unpaired) electrons. The summed E-state index contributed by atoms with van der Waals surface area (Å²) in [6.07, 6.45) is 0. The van der Waals surface area contributed by atoms with Crippen LogP contribution in [0.25, 0.3) is 0 Å². The number of hydrogen-bond acceptors (Lipinski definition) is 3. The predicted molar refractivity (Wildman–Crippen MR) is 91.0 cm³/mol. The Kier molecular flexibility index (Phi) is 7.76. The zero-order valence-electron chi connectivity index (χ0n) is 14.5. The molecule has 1 aromatic rings. The summed E-state index contributed by atoms with van der Waals surface area (Å²) in [6.45, 7) is 16.1. The number of rotatable bonds is 9. The minimum Gasteiger partial charge on any atom is -0.494 e. The molecule has 1 N–H and O–H groups in total. The van der Waals surface area contributed by atoms with Gasteiger partial charge in [-0.15, -0.1) is 0 Å². The molecule has 120 valence electrons. The molecule has 3 nitrogen and oxygen atoms in total. The van der Waals surface area contributed by atoms with E-state index in [4.69, 9.17) is 4.74 Å². The molecule has 0 aliphatic carbocycles. The summed E-state index contributed by atoms with van der Waals surface area (Å²) < 4.78 is 5.48. The lowest BCUT2D eigenvalue weighted by molar-refractivity contribution is 0.174. The second kappa shape index (κ2) is 9.06. The third kappa shape index (κ3) is 6.06. The molecule has 21 heavy (non-hydrogen) atoms. The Bertz CT molecular complexity index is 379. The van der Waals surface area contributed by atoms with Gasteiger partial charge in [0.05, 0.1) is 6.61 Å². The highest BCUT2D eigenvalue weighted by atomic mass is 16.5. The first-order valence-corrected chi connectivity index (χ1v) is 8.17. The Morgan fingerprint density at radius 1 is 1.00 bits per heavy atom. The number of ether oxygens (including phenoxy) is 1. The molecule has 1 unspecified atom stereocenters. The van der Waals surface area contributed by atoms with Crippen molar-refractivity contribution in [3.8, 4) is 5.75 Å². The van der Waals surface area contributed by atoms with E-state index in [0.717, 1.165) is 18.8 Å². The molecule has 1 atom stereocenters. The number of hydrogen-bond donors (Lipinski definition) is 1. The summed E-state index contributed by atoms with van der Waals surface area (Å²) in [6, 6.07) is 9.93. The van der Waals surface area contributed by atoms with E-state index in [0.29, 0.717) is 24.7 Å². The predicted octanol–water partition coefficient (Wildman–Crippen LogP) is 3.85. The fourth-order valence-electron chi connectivity index (χ4n) is 2.66. The van der Waals surface area contributed by atoms with Crippen molar-refractivity contribution in [1.29, 1.82) is 0 Å². The molecular formula is C18H32N2O. The van der Waals surface area contributed by atoms with Crippen molar-refractivity contribution < 1.29 is 4.74 Å². The minimum absolute atomic E-state index is 0.363. The van der Waals surface area contributed by atoms with Crippen LogP contribution in [0.15, 0.2) is 24.3 Å². The van der Waals surface area contributed by atoms with Crippen LogP contribution in [0, 0.1) is 0 Å². The normalized spacial score (nSPS) is 13.2. The molecule has 0 aliphatic rings. The van der Waals surface area contributed by atoms with Crippen molar-refractivity contribution in [3.63, 3.8) is 0 Å². The number of nitrogens with one attached hydrogen (secondary N) is 1. The first-order chi connectivity index (χ1) is 9.95. The maximum Gasteiger partial charge on any atom is 0.119 e. The van der Waals surface area contributed by atoms with Crippen LogP contribution in [0.5, 0.6) is 5.75 Å². The minimum atomic E-state index is 0.363. The Hall–Kier alpha value is -1.06. The zero-order valence-corrected chi connectivity index (χ0v) is 14.5. The van der Waals surface area contributed by atoms with Gasteiger partial charge in [-0.1, -0.05) is 12.1 Å². The summed E-state index contributed by atoms with van der Waals surface area (Å²) >= 11 is 0. The third-order valence-corrected chi connectivity index (χ3v) is 3.84. The molecule has 0 saturated carbocycles. The molecule has 1 aromatic carbocycles. The first kappa shape index (κ1) is 18.0.